The molecular formula is C29H22F5N3O5S. The van der Waals surface area contributed by atoms with E-state index in [4.69, 9.17) is 9.47 Å². The fraction of sp³-hybridized carbons (Fsp3) is 0.207. The highest BCUT2D eigenvalue weighted by Crippen LogP contribution is 2.34. The first-order chi connectivity index (χ1) is 20.3. The zero-order chi connectivity index (χ0) is 31.1. The normalized spacial score (nSPS) is 13.3. The molecule has 5 rings (SSSR count). The molecule has 0 N–H and O–H groups in total. The van der Waals surface area contributed by atoms with Gasteiger partial charge in [0.1, 0.15) is 23.1 Å². The highest BCUT2D eigenvalue weighted by Gasteiger charge is 2.46. The smallest absolute Gasteiger partial charge is 0.497 e. The van der Waals surface area contributed by atoms with E-state index in [1.165, 1.54) is 25.2 Å². The van der Waals surface area contributed by atoms with Crippen LogP contribution in [-0.2, 0) is 29.3 Å². The molecule has 1 aromatic heterocycles. The van der Waals surface area contributed by atoms with E-state index in [0.717, 1.165) is 36.4 Å². The van der Waals surface area contributed by atoms with E-state index in [1.54, 1.807) is 18.2 Å². The number of amides is 1. The van der Waals surface area contributed by atoms with Gasteiger partial charge in [-0.3, -0.25) is 4.79 Å². The average molecular weight is 620 g/mol. The highest BCUT2D eigenvalue weighted by molar-refractivity contribution is 7.92. The van der Waals surface area contributed by atoms with Gasteiger partial charge in [-0.25, -0.2) is 27.2 Å². The summed E-state index contributed by atoms with van der Waals surface area (Å²) in [6.45, 7) is 0.0416. The summed E-state index contributed by atoms with van der Waals surface area (Å²) in [6, 6.07) is 12.2. The molecule has 0 fully saturated rings. The lowest BCUT2D eigenvalue weighted by molar-refractivity contribution is -0.0436. The quantitative estimate of drug-likeness (QED) is 0.241. The van der Waals surface area contributed by atoms with E-state index in [1.807, 2.05) is 0 Å². The van der Waals surface area contributed by atoms with Crippen LogP contribution in [-0.4, -0.2) is 48.9 Å². The van der Waals surface area contributed by atoms with Crippen LogP contribution in [0.4, 0.5) is 22.0 Å². The van der Waals surface area contributed by atoms with Gasteiger partial charge in [0, 0.05) is 18.1 Å². The molecule has 14 heteroatoms. The summed E-state index contributed by atoms with van der Waals surface area (Å²) < 4.78 is 103. The number of hydrogen-bond donors (Lipinski definition) is 0. The van der Waals surface area contributed by atoms with Crippen LogP contribution in [0.25, 0.3) is 11.4 Å². The summed E-state index contributed by atoms with van der Waals surface area (Å²) in [5.74, 6) is -1.68. The molecule has 0 unspecified atom stereocenters. The largest absolute Gasteiger partial charge is 0.501 e. The van der Waals surface area contributed by atoms with Crippen LogP contribution in [0.1, 0.15) is 32.9 Å². The molecule has 0 saturated carbocycles. The lowest BCUT2D eigenvalue weighted by Gasteiger charge is -2.18. The van der Waals surface area contributed by atoms with Crippen LogP contribution in [0.5, 0.6) is 11.5 Å². The van der Waals surface area contributed by atoms with Crippen molar-refractivity contribution in [2.24, 2.45) is 0 Å². The molecule has 4 aromatic rings. The zero-order valence-electron chi connectivity index (χ0n) is 22.6. The minimum absolute atomic E-state index is 0.0370. The number of sulfone groups is 1. The third-order valence-electron chi connectivity index (χ3n) is 6.85. The number of hydrogen-bond acceptors (Lipinski definition) is 7. The van der Waals surface area contributed by atoms with Crippen molar-refractivity contribution in [3.05, 3.63) is 100 Å². The van der Waals surface area contributed by atoms with Gasteiger partial charge in [0.2, 0.25) is 0 Å². The number of halogens is 5. The number of alkyl halides is 3. The number of carbonyl (C=O) groups is 1. The summed E-state index contributed by atoms with van der Waals surface area (Å²) >= 11 is 0. The van der Waals surface area contributed by atoms with Gasteiger partial charge in [-0.15, -0.1) is 0 Å². The van der Waals surface area contributed by atoms with E-state index in [-0.39, 0.29) is 42.3 Å². The van der Waals surface area contributed by atoms with Gasteiger partial charge < -0.3 is 14.4 Å². The number of ether oxygens (including phenoxy) is 2. The Labute approximate surface area is 242 Å². The lowest BCUT2D eigenvalue weighted by Crippen LogP contribution is -2.24. The lowest BCUT2D eigenvalue weighted by atomic mass is 10.0. The molecule has 43 heavy (non-hydrogen) atoms. The molecule has 0 spiro atoms. The third-order valence-corrected chi connectivity index (χ3v) is 8.35. The van der Waals surface area contributed by atoms with Gasteiger partial charge in [0.25, 0.3) is 15.7 Å². The molecule has 1 aliphatic heterocycles. The summed E-state index contributed by atoms with van der Waals surface area (Å²) in [4.78, 5) is 22.8. The molecule has 1 aliphatic rings. The number of carbonyl (C=O) groups excluding carboxylic acids is 1. The Hall–Kier alpha value is -4.59. The number of nitrogens with zero attached hydrogens (tertiary/aromatic N) is 3. The average Bonchev–Trinajstić information content (AvgIpc) is 3.27. The van der Waals surface area contributed by atoms with Crippen molar-refractivity contribution in [3.63, 3.8) is 0 Å². The van der Waals surface area contributed by atoms with E-state index < -0.39 is 43.3 Å². The van der Waals surface area contributed by atoms with Crippen LogP contribution >= 0.6 is 0 Å². The van der Waals surface area contributed by atoms with E-state index in [9.17, 15) is 35.2 Å². The molecule has 3 aromatic carbocycles. The van der Waals surface area contributed by atoms with Gasteiger partial charge in [-0.1, -0.05) is 18.2 Å². The number of aromatic nitrogens is 2. The summed E-state index contributed by atoms with van der Waals surface area (Å²) in [6.07, 6.45) is -0.175. The number of benzene rings is 3. The summed E-state index contributed by atoms with van der Waals surface area (Å²) in [5, 5.41) is 0. The van der Waals surface area contributed by atoms with Crippen molar-refractivity contribution in [1.82, 2.24) is 14.9 Å². The zero-order valence-corrected chi connectivity index (χ0v) is 23.4. The van der Waals surface area contributed by atoms with Crippen LogP contribution in [0.2, 0.25) is 0 Å². The van der Waals surface area contributed by atoms with Crippen molar-refractivity contribution < 1.29 is 44.6 Å². The predicted octanol–water partition coefficient (Wildman–Crippen LogP) is 5.48. The van der Waals surface area contributed by atoms with Crippen molar-refractivity contribution in [2.45, 2.75) is 29.9 Å². The van der Waals surface area contributed by atoms with Crippen molar-refractivity contribution in [2.75, 3.05) is 14.2 Å². The second-order valence-electron chi connectivity index (χ2n) is 9.52. The Kier molecular flexibility index (Phi) is 7.82. The van der Waals surface area contributed by atoms with Gasteiger partial charge >= 0.3 is 5.51 Å². The Bertz CT molecular complexity index is 1810. The third kappa shape index (κ3) is 5.61. The van der Waals surface area contributed by atoms with Gasteiger partial charge in [0.15, 0.2) is 5.82 Å². The Morgan fingerprint density at radius 1 is 0.907 bits per heavy atom. The monoisotopic (exact) mass is 619 g/mol. The van der Waals surface area contributed by atoms with Crippen LogP contribution in [0.15, 0.2) is 65.6 Å². The van der Waals surface area contributed by atoms with Gasteiger partial charge in [-0.05, 0) is 42.0 Å². The van der Waals surface area contributed by atoms with Crippen molar-refractivity contribution >= 4 is 15.7 Å². The van der Waals surface area contributed by atoms with Gasteiger partial charge in [-0.2, -0.15) is 13.2 Å². The fourth-order valence-electron chi connectivity index (χ4n) is 4.71. The van der Waals surface area contributed by atoms with Crippen LogP contribution < -0.4 is 9.47 Å². The molecule has 0 bridgehead atoms. The first kappa shape index (κ1) is 29.9. The van der Waals surface area contributed by atoms with Crippen molar-refractivity contribution in [3.8, 4) is 22.9 Å². The fourth-order valence-corrected chi connectivity index (χ4v) is 5.47. The Morgan fingerprint density at radius 2 is 1.58 bits per heavy atom. The topological polar surface area (TPSA) is 98.7 Å². The Morgan fingerprint density at radius 3 is 2.19 bits per heavy atom. The first-order valence-corrected chi connectivity index (χ1v) is 14.1. The van der Waals surface area contributed by atoms with E-state index >= 15 is 0 Å². The number of rotatable bonds is 8. The second kappa shape index (κ2) is 11.2. The molecule has 1 amide bonds. The van der Waals surface area contributed by atoms with Crippen LogP contribution in [0, 0.1) is 11.6 Å². The maximum absolute atomic E-state index is 14.7. The van der Waals surface area contributed by atoms with E-state index in [0.29, 0.717) is 22.6 Å². The van der Waals surface area contributed by atoms with E-state index in [2.05, 4.69) is 9.97 Å². The Balaban J connectivity index is 1.55. The molecule has 0 aliphatic carbocycles. The minimum atomic E-state index is -5.57. The summed E-state index contributed by atoms with van der Waals surface area (Å²) in [7, 11) is -2.62. The second-order valence-corrected chi connectivity index (χ2v) is 11.5. The minimum Gasteiger partial charge on any atom is -0.497 e. The molecule has 8 nitrogen and oxygen atoms in total. The standard InChI is InChI=1S/C29H22F5N3O5S/c1-41-18-9-8-17(24(13-18)42-2)14-37-15-23-26(28(37)38)22(35-27(36-23)25-20(30)4-3-5-21(25)31)12-16-6-10-19(11-7-16)43(39,40)29(32,33)34/h3-11,13H,12,14-15H2,1-2H3. The summed E-state index contributed by atoms with van der Waals surface area (Å²) in [5.41, 5.74) is -4.74. The maximum Gasteiger partial charge on any atom is 0.501 e. The molecule has 0 radical (unpaired) electrons. The first-order valence-electron chi connectivity index (χ1n) is 12.6. The molecule has 0 saturated heterocycles. The van der Waals surface area contributed by atoms with Crippen molar-refractivity contribution in [1.29, 1.82) is 0 Å². The maximum atomic E-state index is 14.7. The van der Waals surface area contributed by atoms with Crippen LogP contribution in [0.3, 0.4) is 0 Å². The molecule has 0 atom stereocenters. The molecular weight excluding hydrogens is 597 g/mol. The predicted molar refractivity (Wildman–Crippen MR) is 143 cm³/mol. The number of fused-ring (bicyclic) bond motifs is 1. The molecule has 224 valence electrons. The molecule has 2 heterocycles. The SMILES string of the molecule is COc1ccc(CN2Cc3nc(-c4c(F)cccc4F)nc(Cc4ccc(S(=O)(=O)C(F)(F)F)cc4)c3C2=O)c(OC)c1. The number of methoxy groups -OCH3 is 2. The van der Waals surface area contributed by atoms with Gasteiger partial charge in [0.05, 0.1) is 54.7 Å². The highest BCUT2D eigenvalue weighted by atomic mass is 32.2.